The zero-order valence-corrected chi connectivity index (χ0v) is 11.9. The van der Waals surface area contributed by atoms with Crippen molar-refractivity contribution in [3.63, 3.8) is 0 Å². The van der Waals surface area contributed by atoms with Crippen LogP contribution >= 0.6 is 0 Å². The van der Waals surface area contributed by atoms with E-state index in [-0.39, 0.29) is 22.6 Å². The van der Waals surface area contributed by atoms with E-state index in [0.717, 1.165) is 25.3 Å². The fourth-order valence-corrected chi connectivity index (χ4v) is 2.12. The summed E-state index contributed by atoms with van der Waals surface area (Å²) in [5.74, 6) is 0.981. The Kier molecular flexibility index (Phi) is 2.95. The molecule has 2 heterocycles. The van der Waals surface area contributed by atoms with Crippen LogP contribution in [-0.2, 0) is 5.41 Å². The van der Waals surface area contributed by atoms with Gasteiger partial charge in [-0.3, -0.25) is 9.89 Å². The number of H-pyrrole nitrogens is 1. The van der Waals surface area contributed by atoms with Crippen LogP contribution in [0.5, 0.6) is 0 Å². The highest BCUT2D eigenvalue weighted by atomic mass is 16.2. The van der Waals surface area contributed by atoms with Crippen LogP contribution in [0.4, 0.5) is 0 Å². The maximum atomic E-state index is 12.3. The van der Waals surface area contributed by atoms with Crippen LogP contribution in [0.1, 0.15) is 57.5 Å². The highest BCUT2D eigenvalue weighted by Gasteiger charge is 2.34. The third-order valence-corrected chi connectivity index (χ3v) is 3.35. The van der Waals surface area contributed by atoms with Crippen LogP contribution in [0.25, 0.3) is 0 Å². The van der Waals surface area contributed by atoms with Crippen LogP contribution in [0.2, 0.25) is 0 Å². The zero-order valence-electron chi connectivity index (χ0n) is 11.9. The molecule has 1 aromatic heterocycles. The predicted molar refractivity (Wildman–Crippen MR) is 69.4 cm³/mol. The molecule has 5 nitrogen and oxygen atoms in total. The van der Waals surface area contributed by atoms with Gasteiger partial charge < -0.3 is 4.90 Å². The van der Waals surface area contributed by atoms with Gasteiger partial charge in [0.2, 0.25) is 5.82 Å². The van der Waals surface area contributed by atoms with Gasteiger partial charge in [0, 0.05) is 18.5 Å². The maximum absolute atomic E-state index is 12.3. The summed E-state index contributed by atoms with van der Waals surface area (Å²) >= 11 is 0. The third kappa shape index (κ3) is 2.54. The summed E-state index contributed by atoms with van der Waals surface area (Å²) in [6, 6.07) is 0. The predicted octanol–water partition coefficient (Wildman–Crippen LogP) is 1.97. The van der Waals surface area contributed by atoms with E-state index in [0.29, 0.717) is 0 Å². The smallest absolute Gasteiger partial charge is 0.293 e. The molecule has 1 aromatic rings. The Morgan fingerprint density at radius 3 is 2.50 bits per heavy atom. The number of carbonyl (C=O) groups excluding carboxylic acids is 1. The van der Waals surface area contributed by atoms with Crippen LogP contribution in [0.15, 0.2) is 0 Å². The van der Waals surface area contributed by atoms with E-state index in [1.807, 2.05) is 25.7 Å². The van der Waals surface area contributed by atoms with Crippen molar-refractivity contribution in [2.75, 3.05) is 13.1 Å². The van der Waals surface area contributed by atoms with Crippen LogP contribution < -0.4 is 0 Å². The van der Waals surface area contributed by atoms with Crippen molar-refractivity contribution < 1.29 is 4.79 Å². The maximum Gasteiger partial charge on any atom is 0.293 e. The minimum atomic E-state index is -0.115. The van der Waals surface area contributed by atoms with Crippen molar-refractivity contribution in [1.29, 1.82) is 0 Å². The molecule has 0 aliphatic carbocycles. The normalized spacial score (nSPS) is 19.3. The first-order valence-corrected chi connectivity index (χ1v) is 6.41. The molecule has 1 aliphatic rings. The molecule has 2 rings (SSSR count). The molecule has 100 valence electrons. The number of amides is 1. The van der Waals surface area contributed by atoms with Crippen molar-refractivity contribution in [2.45, 2.75) is 46.5 Å². The minimum absolute atomic E-state index is 0.0627. The molecular weight excluding hydrogens is 228 g/mol. The number of rotatable bonds is 1. The fraction of sp³-hybridized carbons (Fsp3) is 0.769. The Bertz CT molecular complexity index is 456. The number of hydrogen-bond donors (Lipinski definition) is 1. The lowest BCUT2D eigenvalue weighted by Gasteiger charge is -2.18. The van der Waals surface area contributed by atoms with Crippen LogP contribution in [0, 0.1) is 5.41 Å². The monoisotopic (exact) mass is 250 g/mol. The van der Waals surface area contributed by atoms with Gasteiger partial charge >= 0.3 is 0 Å². The van der Waals surface area contributed by atoms with Gasteiger partial charge in [0.15, 0.2) is 0 Å². The van der Waals surface area contributed by atoms with Crippen molar-refractivity contribution in [3.05, 3.63) is 11.6 Å². The second-order valence-electron chi connectivity index (χ2n) is 6.90. The number of aromatic nitrogens is 3. The van der Waals surface area contributed by atoms with Gasteiger partial charge in [-0.05, 0) is 11.8 Å². The molecule has 0 radical (unpaired) electrons. The zero-order chi connectivity index (χ0) is 13.6. The Morgan fingerprint density at radius 1 is 1.39 bits per heavy atom. The molecule has 0 atom stereocenters. The Morgan fingerprint density at radius 2 is 2.06 bits per heavy atom. The first kappa shape index (κ1) is 13.1. The summed E-state index contributed by atoms with van der Waals surface area (Å²) in [6.45, 7) is 12.1. The SMILES string of the molecule is CC1(C)CCN(C(=O)c2n[nH]c(C(C)(C)C)n2)C1. The number of aromatic amines is 1. The molecule has 0 aromatic carbocycles. The van der Waals surface area contributed by atoms with Crippen molar-refractivity contribution >= 4 is 5.91 Å². The summed E-state index contributed by atoms with van der Waals surface area (Å²) in [6.07, 6.45) is 1.04. The highest BCUT2D eigenvalue weighted by molar-refractivity contribution is 5.90. The number of nitrogens with one attached hydrogen (secondary N) is 1. The topological polar surface area (TPSA) is 61.9 Å². The van der Waals surface area contributed by atoms with E-state index in [9.17, 15) is 4.79 Å². The lowest BCUT2D eigenvalue weighted by Crippen LogP contribution is -2.31. The van der Waals surface area contributed by atoms with E-state index in [2.05, 4.69) is 29.0 Å². The van der Waals surface area contributed by atoms with E-state index in [1.54, 1.807) is 0 Å². The molecule has 1 amide bonds. The van der Waals surface area contributed by atoms with Gasteiger partial charge in [-0.1, -0.05) is 34.6 Å². The molecule has 1 aliphatic heterocycles. The third-order valence-electron chi connectivity index (χ3n) is 3.35. The number of nitrogens with zero attached hydrogens (tertiary/aromatic N) is 3. The Labute approximate surface area is 108 Å². The average Bonchev–Trinajstić information content (AvgIpc) is 2.82. The molecular formula is C13H22N4O. The van der Waals surface area contributed by atoms with Crippen LogP contribution in [0.3, 0.4) is 0 Å². The van der Waals surface area contributed by atoms with Gasteiger partial charge in [0.25, 0.3) is 5.91 Å². The van der Waals surface area contributed by atoms with Gasteiger partial charge in [-0.15, -0.1) is 5.10 Å². The van der Waals surface area contributed by atoms with E-state index < -0.39 is 0 Å². The van der Waals surface area contributed by atoms with Gasteiger partial charge in [-0.25, -0.2) is 4.98 Å². The molecule has 0 bridgehead atoms. The largest absolute Gasteiger partial charge is 0.335 e. The fourth-order valence-electron chi connectivity index (χ4n) is 2.12. The minimum Gasteiger partial charge on any atom is -0.335 e. The van der Waals surface area contributed by atoms with E-state index in [4.69, 9.17) is 0 Å². The second-order valence-corrected chi connectivity index (χ2v) is 6.90. The number of hydrogen-bond acceptors (Lipinski definition) is 3. The van der Waals surface area contributed by atoms with Gasteiger partial charge in [0.05, 0.1) is 0 Å². The Balaban J connectivity index is 2.13. The number of likely N-dealkylation sites (tertiary alicyclic amines) is 1. The van der Waals surface area contributed by atoms with Crippen molar-refractivity contribution in [2.24, 2.45) is 5.41 Å². The summed E-state index contributed by atoms with van der Waals surface area (Å²) in [5, 5.41) is 6.91. The van der Waals surface area contributed by atoms with E-state index >= 15 is 0 Å². The molecule has 0 spiro atoms. The summed E-state index contributed by atoms with van der Waals surface area (Å²) in [5.41, 5.74) is 0.0919. The summed E-state index contributed by atoms with van der Waals surface area (Å²) < 4.78 is 0. The quantitative estimate of drug-likeness (QED) is 0.829. The summed E-state index contributed by atoms with van der Waals surface area (Å²) in [4.78, 5) is 18.4. The van der Waals surface area contributed by atoms with Crippen molar-refractivity contribution in [3.8, 4) is 0 Å². The lowest BCUT2D eigenvalue weighted by atomic mass is 9.93. The van der Waals surface area contributed by atoms with Gasteiger partial charge in [0.1, 0.15) is 5.82 Å². The van der Waals surface area contributed by atoms with Gasteiger partial charge in [-0.2, -0.15) is 0 Å². The molecule has 5 heteroatoms. The lowest BCUT2D eigenvalue weighted by molar-refractivity contribution is 0.0766. The highest BCUT2D eigenvalue weighted by Crippen LogP contribution is 2.29. The van der Waals surface area contributed by atoms with Crippen molar-refractivity contribution in [1.82, 2.24) is 20.1 Å². The first-order chi connectivity index (χ1) is 8.19. The second kappa shape index (κ2) is 4.07. The molecule has 1 saturated heterocycles. The van der Waals surface area contributed by atoms with Crippen LogP contribution in [-0.4, -0.2) is 39.1 Å². The Hall–Kier alpha value is -1.39. The molecule has 1 fully saturated rings. The molecule has 18 heavy (non-hydrogen) atoms. The van der Waals surface area contributed by atoms with E-state index in [1.165, 1.54) is 0 Å². The number of carbonyl (C=O) groups is 1. The first-order valence-electron chi connectivity index (χ1n) is 6.41. The molecule has 0 unspecified atom stereocenters. The average molecular weight is 250 g/mol. The summed E-state index contributed by atoms with van der Waals surface area (Å²) in [7, 11) is 0. The standard InChI is InChI=1S/C13H22N4O/c1-12(2,3)11-14-9(15-16-11)10(18)17-7-6-13(4,5)8-17/h6-8H2,1-5H3,(H,14,15,16). The molecule has 0 saturated carbocycles. The molecule has 1 N–H and O–H groups in total.